The average molecular weight is 385 g/mol. The van der Waals surface area contributed by atoms with Crippen LogP contribution in [0.4, 0.5) is 0 Å². The lowest BCUT2D eigenvalue weighted by atomic mass is 10.0. The number of pyridine rings is 1. The van der Waals surface area contributed by atoms with E-state index in [1.54, 1.807) is 18.3 Å². The molecule has 0 spiro atoms. The molecule has 0 unspecified atom stereocenters. The Morgan fingerprint density at radius 2 is 1.52 bits per heavy atom. The van der Waals surface area contributed by atoms with Gasteiger partial charge in [0.25, 0.3) is 0 Å². The van der Waals surface area contributed by atoms with Crippen LogP contribution in [0.2, 0.25) is 0 Å². The first-order valence-electron chi connectivity index (χ1n) is 9.24. The van der Waals surface area contributed by atoms with E-state index in [9.17, 15) is 9.59 Å². The van der Waals surface area contributed by atoms with Gasteiger partial charge in [0.15, 0.2) is 5.65 Å². The monoisotopic (exact) mass is 385 g/mol. The summed E-state index contributed by atoms with van der Waals surface area (Å²) in [6.07, 6.45) is 1.74. The summed E-state index contributed by atoms with van der Waals surface area (Å²) in [7, 11) is 0. The number of amides is 1. The first-order valence-corrected chi connectivity index (χ1v) is 9.24. The van der Waals surface area contributed by atoms with Crippen molar-refractivity contribution >= 4 is 17.3 Å². The third-order valence-electron chi connectivity index (χ3n) is 4.43. The maximum Gasteiger partial charge on any atom is 0.350 e. The fourth-order valence-corrected chi connectivity index (χ4v) is 2.98. The van der Waals surface area contributed by atoms with Crippen LogP contribution < -0.4 is 11.1 Å². The first kappa shape index (κ1) is 18.4. The van der Waals surface area contributed by atoms with Crippen LogP contribution in [0, 0.1) is 0 Å². The number of aryl methyl sites for hydroxylation is 1. The molecule has 0 fully saturated rings. The van der Waals surface area contributed by atoms with E-state index in [2.05, 4.69) is 15.6 Å². The summed E-state index contributed by atoms with van der Waals surface area (Å²) >= 11 is 0. The van der Waals surface area contributed by atoms with Crippen LogP contribution in [-0.2, 0) is 11.3 Å². The minimum Gasteiger partial charge on any atom is -0.273 e. The predicted octanol–water partition coefficient (Wildman–Crippen LogP) is 2.45. The minimum atomic E-state index is -0.293. The van der Waals surface area contributed by atoms with Gasteiger partial charge in [0.1, 0.15) is 0 Å². The summed E-state index contributed by atoms with van der Waals surface area (Å²) in [5.41, 5.74) is 5.35. The van der Waals surface area contributed by atoms with Crippen LogP contribution in [0.1, 0.15) is 17.5 Å². The van der Waals surface area contributed by atoms with Gasteiger partial charge in [0.05, 0.1) is 12.3 Å². The quantitative estimate of drug-likeness (QED) is 0.409. The standard InChI is InChI=1S/C22H19N5O2/c28-20(14-16-27-22(29)26-15-8-7-13-19(26)25-27)23-24-21(17-9-3-1-4-10-17)18-11-5-2-6-12-18/h1-13,15H,14,16H2,(H,23,28). The normalized spacial score (nSPS) is 10.6. The summed E-state index contributed by atoms with van der Waals surface area (Å²) in [5.74, 6) is -0.293. The van der Waals surface area contributed by atoms with Crippen molar-refractivity contribution in [1.29, 1.82) is 0 Å². The lowest BCUT2D eigenvalue weighted by molar-refractivity contribution is -0.121. The highest BCUT2D eigenvalue weighted by atomic mass is 16.2. The third kappa shape index (κ3) is 4.14. The van der Waals surface area contributed by atoms with Crippen LogP contribution in [0.3, 0.4) is 0 Å². The minimum absolute atomic E-state index is 0.0874. The second-order valence-electron chi connectivity index (χ2n) is 6.41. The van der Waals surface area contributed by atoms with Crippen LogP contribution in [0.5, 0.6) is 0 Å². The van der Waals surface area contributed by atoms with Gasteiger partial charge in [-0.25, -0.2) is 14.9 Å². The number of nitrogens with one attached hydrogen (secondary N) is 1. The summed E-state index contributed by atoms with van der Waals surface area (Å²) in [4.78, 5) is 24.6. The molecule has 7 nitrogen and oxygen atoms in total. The number of nitrogens with zero attached hydrogens (tertiary/aromatic N) is 4. The molecule has 4 aromatic rings. The van der Waals surface area contributed by atoms with E-state index in [0.717, 1.165) is 11.1 Å². The molecule has 0 radical (unpaired) electrons. The van der Waals surface area contributed by atoms with E-state index in [1.807, 2.05) is 66.7 Å². The Bertz CT molecular complexity index is 1170. The van der Waals surface area contributed by atoms with Gasteiger partial charge in [-0.05, 0) is 12.1 Å². The van der Waals surface area contributed by atoms with Crippen molar-refractivity contribution in [2.75, 3.05) is 0 Å². The van der Waals surface area contributed by atoms with E-state index in [1.165, 1.54) is 9.08 Å². The lowest BCUT2D eigenvalue weighted by Crippen LogP contribution is -2.26. The lowest BCUT2D eigenvalue weighted by Gasteiger charge is -2.08. The zero-order chi connectivity index (χ0) is 20.1. The first-order chi connectivity index (χ1) is 14.2. The van der Waals surface area contributed by atoms with E-state index < -0.39 is 0 Å². The number of hydrazone groups is 1. The number of hydrogen-bond acceptors (Lipinski definition) is 4. The molecule has 0 aliphatic rings. The highest BCUT2D eigenvalue weighted by molar-refractivity contribution is 6.13. The van der Waals surface area contributed by atoms with Crippen molar-refractivity contribution in [2.45, 2.75) is 13.0 Å². The van der Waals surface area contributed by atoms with Crippen molar-refractivity contribution in [3.63, 3.8) is 0 Å². The molecule has 2 aromatic heterocycles. The van der Waals surface area contributed by atoms with Gasteiger partial charge in [-0.2, -0.15) is 5.10 Å². The zero-order valence-electron chi connectivity index (χ0n) is 15.6. The smallest absolute Gasteiger partial charge is 0.273 e. The van der Waals surface area contributed by atoms with Gasteiger partial charge in [0.2, 0.25) is 5.91 Å². The summed E-state index contributed by atoms with van der Waals surface area (Å²) in [5, 5.41) is 8.57. The average Bonchev–Trinajstić information content (AvgIpc) is 3.10. The molecule has 0 saturated carbocycles. The zero-order valence-corrected chi connectivity index (χ0v) is 15.6. The number of aromatic nitrogens is 3. The largest absolute Gasteiger partial charge is 0.350 e. The molecule has 144 valence electrons. The van der Waals surface area contributed by atoms with Gasteiger partial charge in [-0.15, -0.1) is 5.10 Å². The molecule has 1 amide bonds. The van der Waals surface area contributed by atoms with Crippen molar-refractivity contribution in [3.05, 3.63) is 107 Å². The van der Waals surface area contributed by atoms with E-state index in [-0.39, 0.29) is 24.6 Å². The Morgan fingerprint density at radius 1 is 0.897 bits per heavy atom. The van der Waals surface area contributed by atoms with Gasteiger partial charge in [0, 0.05) is 23.7 Å². The number of carbonyl (C=O) groups excluding carboxylic acids is 1. The second-order valence-corrected chi connectivity index (χ2v) is 6.41. The molecule has 0 aliphatic carbocycles. The van der Waals surface area contributed by atoms with Gasteiger partial charge in [-0.1, -0.05) is 66.7 Å². The van der Waals surface area contributed by atoms with E-state index in [0.29, 0.717) is 11.4 Å². The van der Waals surface area contributed by atoms with Gasteiger partial charge >= 0.3 is 5.69 Å². The number of hydrogen-bond donors (Lipinski definition) is 1. The Kier molecular flexibility index (Phi) is 5.29. The molecule has 0 atom stereocenters. The Hall–Kier alpha value is -4.00. The second kappa shape index (κ2) is 8.35. The summed E-state index contributed by atoms with van der Waals surface area (Å²) in [6, 6.07) is 24.6. The molecule has 7 heteroatoms. The Labute approximate surface area is 166 Å². The number of rotatable bonds is 6. The molecule has 0 bridgehead atoms. The fraction of sp³-hybridized carbons (Fsp3) is 0.0909. The maximum atomic E-state index is 12.3. The molecule has 0 saturated heterocycles. The molecule has 1 N–H and O–H groups in total. The molecule has 0 aliphatic heterocycles. The van der Waals surface area contributed by atoms with Crippen LogP contribution >= 0.6 is 0 Å². The Morgan fingerprint density at radius 3 is 2.14 bits per heavy atom. The van der Waals surface area contributed by atoms with Crippen molar-refractivity contribution < 1.29 is 4.79 Å². The summed E-state index contributed by atoms with van der Waals surface area (Å²) < 4.78 is 2.73. The van der Waals surface area contributed by atoms with Crippen molar-refractivity contribution in [1.82, 2.24) is 19.6 Å². The SMILES string of the molecule is O=C(CCn1nc2ccccn2c1=O)NN=C(c1ccccc1)c1ccccc1. The van der Waals surface area contributed by atoms with Crippen LogP contribution in [0.25, 0.3) is 5.65 Å². The third-order valence-corrected chi connectivity index (χ3v) is 4.43. The highest BCUT2D eigenvalue weighted by Crippen LogP contribution is 2.10. The molecule has 4 rings (SSSR count). The van der Waals surface area contributed by atoms with E-state index >= 15 is 0 Å². The van der Waals surface area contributed by atoms with Crippen LogP contribution in [0.15, 0.2) is 95.0 Å². The topological polar surface area (TPSA) is 80.8 Å². The van der Waals surface area contributed by atoms with Gasteiger partial charge in [-0.3, -0.25) is 9.20 Å². The van der Waals surface area contributed by atoms with Gasteiger partial charge < -0.3 is 0 Å². The molecular weight excluding hydrogens is 366 g/mol. The number of fused-ring (bicyclic) bond motifs is 1. The molecule has 2 aromatic carbocycles. The molecule has 29 heavy (non-hydrogen) atoms. The maximum absolute atomic E-state index is 12.3. The number of benzene rings is 2. The van der Waals surface area contributed by atoms with Crippen molar-refractivity contribution in [2.24, 2.45) is 5.10 Å². The summed E-state index contributed by atoms with van der Waals surface area (Å²) in [6.45, 7) is 0.174. The van der Waals surface area contributed by atoms with Crippen LogP contribution in [-0.4, -0.2) is 25.8 Å². The number of carbonyl (C=O) groups is 1. The highest BCUT2D eigenvalue weighted by Gasteiger charge is 2.10. The predicted molar refractivity (Wildman–Crippen MR) is 111 cm³/mol. The van der Waals surface area contributed by atoms with Crippen molar-refractivity contribution in [3.8, 4) is 0 Å². The molecular formula is C22H19N5O2. The molecule has 2 heterocycles. The van der Waals surface area contributed by atoms with E-state index in [4.69, 9.17) is 0 Å². The Balaban J connectivity index is 1.49. The fourth-order valence-electron chi connectivity index (χ4n) is 2.98.